The number of aryl methyl sites for hydroxylation is 2. The number of aromatic nitrogens is 1. The van der Waals surface area contributed by atoms with E-state index in [0.717, 1.165) is 28.7 Å². The van der Waals surface area contributed by atoms with Gasteiger partial charge in [0.15, 0.2) is 17.8 Å². The smallest absolute Gasteiger partial charge is 0.256 e. The quantitative estimate of drug-likeness (QED) is 0.411. The van der Waals surface area contributed by atoms with Gasteiger partial charge in [0.2, 0.25) is 0 Å². The molecule has 3 rings (SSSR count). The Bertz CT molecular complexity index is 1090. The number of aromatic hydroxyl groups is 1. The fraction of sp³-hybridized carbons (Fsp3) is 0.200. The van der Waals surface area contributed by atoms with E-state index in [9.17, 15) is 15.0 Å². The standard InChI is InChI=1S/C25H27N3O3/c1-4-8-21(20-12-11-16(2)13-17(20)3)25(31)27-19-14-22(29)23(26-15-19)28-24(30)18-9-6-5-7-10-18/h5-15,25,27,29,31H,4H2,1-3H3,(H,26,28,30)/b21-8-. The fourth-order valence-electron chi connectivity index (χ4n) is 3.36. The molecule has 0 bridgehead atoms. The van der Waals surface area contributed by atoms with Crippen LogP contribution in [-0.2, 0) is 0 Å². The highest BCUT2D eigenvalue weighted by atomic mass is 16.3. The van der Waals surface area contributed by atoms with Gasteiger partial charge in [-0.15, -0.1) is 0 Å². The van der Waals surface area contributed by atoms with Gasteiger partial charge in [-0.3, -0.25) is 4.79 Å². The average molecular weight is 418 g/mol. The molecule has 0 aliphatic rings. The van der Waals surface area contributed by atoms with Crippen LogP contribution in [0, 0.1) is 13.8 Å². The maximum absolute atomic E-state index is 12.3. The number of nitrogens with zero attached hydrogens (tertiary/aromatic N) is 1. The highest BCUT2D eigenvalue weighted by Crippen LogP contribution is 2.28. The number of pyridine rings is 1. The van der Waals surface area contributed by atoms with Crippen LogP contribution in [0.4, 0.5) is 11.5 Å². The number of amides is 1. The minimum atomic E-state index is -0.993. The number of hydrogen-bond donors (Lipinski definition) is 4. The summed E-state index contributed by atoms with van der Waals surface area (Å²) in [5, 5.41) is 26.7. The molecule has 0 saturated carbocycles. The zero-order chi connectivity index (χ0) is 22.4. The van der Waals surface area contributed by atoms with E-state index in [1.165, 1.54) is 12.3 Å². The highest BCUT2D eigenvalue weighted by Gasteiger charge is 2.16. The van der Waals surface area contributed by atoms with Crippen LogP contribution in [0.2, 0.25) is 0 Å². The summed E-state index contributed by atoms with van der Waals surface area (Å²) in [4.78, 5) is 16.4. The van der Waals surface area contributed by atoms with Gasteiger partial charge in [0.25, 0.3) is 5.91 Å². The van der Waals surface area contributed by atoms with Gasteiger partial charge in [0.05, 0.1) is 11.9 Å². The molecule has 0 spiro atoms. The maximum atomic E-state index is 12.3. The van der Waals surface area contributed by atoms with Gasteiger partial charge in [-0.25, -0.2) is 4.98 Å². The van der Waals surface area contributed by atoms with Crippen molar-refractivity contribution < 1.29 is 15.0 Å². The first-order chi connectivity index (χ1) is 14.9. The number of hydrogen-bond acceptors (Lipinski definition) is 5. The highest BCUT2D eigenvalue weighted by molar-refractivity contribution is 6.04. The second-order valence-electron chi connectivity index (χ2n) is 7.34. The molecule has 1 atom stereocenters. The number of aliphatic hydroxyl groups is 1. The molecule has 1 amide bonds. The van der Waals surface area contributed by atoms with Gasteiger partial charge < -0.3 is 20.8 Å². The molecular weight excluding hydrogens is 390 g/mol. The van der Waals surface area contributed by atoms with Gasteiger partial charge >= 0.3 is 0 Å². The van der Waals surface area contributed by atoms with Crippen LogP contribution in [0.25, 0.3) is 5.57 Å². The van der Waals surface area contributed by atoms with Crippen LogP contribution in [0.5, 0.6) is 5.75 Å². The Morgan fingerprint density at radius 1 is 1.13 bits per heavy atom. The third kappa shape index (κ3) is 5.49. The third-order valence-corrected chi connectivity index (χ3v) is 4.85. The number of carbonyl (C=O) groups excluding carboxylic acids is 1. The summed E-state index contributed by atoms with van der Waals surface area (Å²) in [6.45, 7) is 6.05. The Balaban J connectivity index is 1.76. The molecule has 1 aromatic heterocycles. The molecule has 6 nitrogen and oxygen atoms in total. The summed E-state index contributed by atoms with van der Waals surface area (Å²) < 4.78 is 0. The zero-order valence-electron chi connectivity index (χ0n) is 17.9. The molecule has 0 saturated heterocycles. The van der Waals surface area contributed by atoms with Crippen molar-refractivity contribution >= 4 is 23.0 Å². The summed E-state index contributed by atoms with van der Waals surface area (Å²) in [5.41, 5.74) is 4.82. The number of benzene rings is 2. The zero-order valence-corrected chi connectivity index (χ0v) is 17.9. The lowest BCUT2D eigenvalue weighted by Gasteiger charge is -2.20. The van der Waals surface area contributed by atoms with Crippen molar-refractivity contribution in [2.45, 2.75) is 33.4 Å². The van der Waals surface area contributed by atoms with E-state index in [4.69, 9.17) is 0 Å². The molecule has 160 valence electrons. The number of rotatable bonds is 7. The van der Waals surface area contributed by atoms with Crippen molar-refractivity contribution in [3.05, 3.63) is 89.1 Å². The topological polar surface area (TPSA) is 94.5 Å². The van der Waals surface area contributed by atoms with Crippen LogP contribution >= 0.6 is 0 Å². The summed E-state index contributed by atoms with van der Waals surface area (Å²) in [6, 6.07) is 16.2. The van der Waals surface area contributed by atoms with Crippen LogP contribution < -0.4 is 10.6 Å². The Morgan fingerprint density at radius 2 is 1.87 bits per heavy atom. The minimum absolute atomic E-state index is 0.0487. The van der Waals surface area contributed by atoms with E-state index in [2.05, 4.69) is 21.7 Å². The largest absolute Gasteiger partial charge is 0.504 e. The lowest BCUT2D eigenvalue weighted by Crippen LogP contribution is -2.21. The van der Waals surface area contributed by atoms with Gasteiger partial charge in [-0.1, -0.05) is 55.0 Å². The van der Waals surface area contributed by atoms with Crippen molar-refractivity contribution in [3.63, 3.8) is 0 Å². The first-order valence-electron chi connectivity index (χ1n) is 10.2. The molecule has 0 fully saturated rings. The summed E-state index contributed by atoms with van der Waals surface area (Å²) in [6.07, 6.45) is 3.19. The van der Waals surface area contributed by atoms with Gasteiger partial charge in [0.1, 0.15) is 0 Å². The number of allylic oxidation sites excluding steroid dienone is 1. The molecule has 4 N–H and O–H groups in total. The Morgan fingerprint density at radius 3 is 2.52 bits per heavy atom. The first kappa shape index (κ1) is 22.1. The molecule has 1 heterocycles. The van der Waals surface area contributed by atoms with Crippen LogP contribution in [-0.4, -0.2) is 27.3 Å². The lowest BCUT2D eigenvalue weighted by atomic mass is 9.96. The van der Waals surface area contributed by atoms with Crippen molar-refractivity contribution in [2.24, 2.45) is 0 Å². The Labute approximate surface area is 182 Å². The second-order valence-corrected chi connectivity index (χ2v) is 7.34. The molecule has 0 aliphatic carbocycles. The van der Waals surface area contributed by atoms with Gasteiger partial charge in [0, 0.05) is 17.2 Å². The van der Waals surface area contributed by atoms with Crippen LogP contribution in [0.15, 0.2) is 66.9 Å². The van der Waals surface area contributed by atoms with E-state index >= 15 is 0 Å². The summed E-state index contributed by atoms with van der Waals surface area (Å²) in [5.74, 6) is -0.520. The fourth-order valence-corrected chi connectivity index (χ4v) is 3.36. The monoisotopic (exact) mass is 417 g/mol. The Kier molecular flexibility index (Phi) is 7.05. The number of nitrogens with one attached hydrogen (secondary N) is 2. The van der Waals surface area contributed by atoms with Gasteiger partial charge in [-0.05, 0) is 43.5 Å². The van der Waals surface area contributed by atoms with E-state index < -0.39 is 6.23 Å². The molecule has 1 unspecified atom stereocenters. The minimum Gasteiger partial charge on any atom is -0.504 e. The average Bonchev–Trinajstić information content (AvgIpc) is 2.75. The van der Waals surface area contributed by atoms with Crippen molar-refractivity contribution in [2.75, 3.05) is 10.6 Å². The van der Waals surface area contributed by atoms with E-state index in [1.807, 2.05) is 45.0 Å². The molecule has 0 radical (unpaired) electrons. The van der Waals surface area contributed by atoms with Crippen molar-refractivity contribution in [3.8, 4) is 5.75 Å². The number of carbonyl (C=O) groups is 1. The van der Waals surface area contributed by atoms with Crippen molar-refractivity contribution in [1.82, 2.24) is 4.98 Å². The van der Waals surface area contributed by atoms with E-state index in [-0.39, 0.29) is 17.5 Å². The lowest BCUT2D eigenvalue weighted by molar-refractivity contribution is 0.102. The maximum Gasteiger partial charge on any atom is 0.256 e. The Hall–Kier alpha value is -3.64. The molecular formula is C25H27N3O3. The molecule has 0 aliphatic heterocycles. The molecule has 2 aromatic carbocycles. The van der Waals surface area contributed by atoms with Crippen LogP contribution in [0.1, 0.15) is 40.4 Å². The van der Waals surface area contributed by atoms with E-state index in [1.54, 1.807) is 24.3 Å². The van der Waals surface area contributed by atoms with Crippen LogP contribution in [0.3, 0.4) is 0 Å². The summed E-state index contributed by atoms with van der Waals surface area (Å²) >= 11 is 0. The predicted molar refractivity (Wildman–Crippen MR) is 124 cm³/mol. The normalized spacial score (nSPS) is 12.3. The SMILES string of the molecule is CC/C=C(/c1ccc(C)cc1C)C(O)Nc1cnc(NC(=O)c2ccccc2)c(O)c1. The molecule has 3 aromatic rings. The number of anilines is 2. The predicted octanol–water partition coefficient (Wildman–Crippen LogP) is 4.88. The molecule has 31 heavy (non-hydrogen) atoms. The summed E-state index contributed by atoms with van der Waals surface area (Å²) in [7, 11) is 0. The second kappa shape index (κ2) is 9.91. The number of aliphatic hydroxyl groups excluding tert-OH is 1. The van der Waals surface area contributed by atoms with Crippen molar-refractivity contribution in [1.29, 1.82) is 0 Å². The first-order valence-corrected chi connectivity index (χ1v) is 10.2. The third-order valence-electron chi connectivity index (χ3n) is 4.85. The molecule has 6 heteroatoms. The van der Waals surface area contributed by atoms with Gasteiger partial charge in [-0.2, -0.15) is 0 Å². The van der Waals surface area contributed by atoms with E-state index in [0.29, 0.717) is 11.3 Å².